The highest BCUT2D eigenvalue weighted by molar-refractivity contribution is 7.92. The Morgan fingerprint density at radius 2 is 1.93 bits per heavy atom. The minimum absolute atomic E-state index is 0.211. The second-order valence-corrected chi connectivity index (χ2v) is 8.08. The topological polar surface area (TPSA) is 104 Å². The fourth-order valence-electron chi connectivity index (χ4n) is 2.77. The van der Waals surface area contributed by atoms with Crippen molar-refractivity contribution in [3.63, 3.8) is 0 Å². The summed E-state index contributed by atoms with van der Waals surface area (Å²) < 4.78 is 39.3. The predicted molar refractivity (Wildman–Crippen MR) is 105 cm³/mol. The lowest BCUT2D eigenvalue weighted by molar-refractivity contribution is 0.0940. The van der Waals surface area contributed by atoms with Gasteiger partial charge in [0.15, 0.2) is 0 Å². The predicted octanol–water partition coefficient (Wildman–Crippen LogP) is 3.08. The van der Waals surface area contributed by atoms with E-state index in [9.17, 15) is 17.6 Å². The summed E-state index contributed by atoms with van der Waals surface area (Å²) >= 11 is 0. The molecule has 2 aromatic carbocycles. The lowest BCUT2D eigenvalue weighted by atomic mass is 10.1. The Morgan fingerprint density at radius 1 is 1.18 bits per heavy atom. The summed E-state index contributed by atoms with van der Waals surface area (Å²) in [7, 11) is -3.40. The number of sulfonamides is 1. The van der Waals surface area contributed by atoms with E-state index in [1.54, 1.807) is 49.4 Å². The standard InChI is InChI=1S/C19H19FN4O3S/c1-12(13-6-5-7-14(10-13)24-28(2,26)27)22-19(25)16-11-21-23-18(16)15-8-3-4-9-17(15)20/h3-12,24H,1-2H3,(H,21,23)(H,22,25). The van der Waals surface area contributed by atoms with Gasteiger partial charge in [0.05, 0.1) is 29.8 Å². The van der Waals surface area contributed by atoms with Gasteiger partial charge >= 0.3 is 0 Å². The van der Waals surface area contributed by atoms with Crippen LogP contribution >= 0.6 is 0 Å². The van der Waals surface area contributed by atoms with Crippen molar-refractivity contribution >= 4 is 21.6 Å². The van der Waals surface area contributed by atoms with Gasteiger partial charge in [-0.15, -0.1) is 0 Å². The molecule has 1 heterocycles. The molecular formula is C19H19FN4O3S. The number of nitrogens with one attached hydrogen (secondary N) is 3. The van der Waals surface area contributed by atoms with Gasteiger partial charge in [-0.2, -0.15) is 5.10 Å². The summed E-state index contributed by atoms with van der Waals surface area (Å²) in [5.41, 5.74) is 1.85. The Bertz CT molecular complexity index is 1110. The maximum absolute atomic E-state index is 14.1. The number of hydrogen-bond acceptors (Lipinski definition) is 4. The number of nitrogens with zero attached hydrogens (tertiary/aromatic N) is 1. The number of aromatic amines is 1. The molecule has 0 fully saturated rings. The van der Waals surface area contributed by atoms with Gasteiger partial charge in [0.25, 0.3) is 5.91 Å². The first kappa shape index (κ1) is 19.6. The van der Waals surface area contributed by atoms with Crippen LogP contribution in [-0.4, -0.2) is 30.8 Å². The van der Waals surface area contributed by atoms with Crippen molar-refractivity contribution < 1.29 is 17.6 Å². The van der Waals surface area contributed by atoms with Crippen LogP contribution < -0.4 is 10.0 Å². The molecule has 0 aliphatic rings. The third-order valence-corrected chi connectivity index (χ3v) is 4.67. The summed E-state index contributed by atoms with van der Waals surface area (Å²) in [6, 6.07) is 12.4. The third kappa shape index (κ3) is 4.55. The zero-order valence-electron chi connectivity index (χ0n) is 15.2. The Labute approximate surface area is 162 Å². The fourth-order valence-corrected chi connectivity index (χ4v) is 3.33. The molecule has 1 unspecified atom stereocenters. The normalized spacial score (nSPS) is 12.4. The van der Waals surface area contributed by atoms with Crippen LogP contribution in [0.5, 0.6) is 0 Å². The Morgan fingerprint density at radius 3 is 2.64 bits per heavy atom. The maximum atomic E-state index is 14.1. The minimum Gasteiger partial charge on any atom is -0.345 e. The second-order valence-electron chi connectivity index (χ2n) is 6.33. The third-order valence-electron chi connectivity index (χ3n) is 4.06. The number of halogens is 1. The monoisotopic (exact) mass is 402 g/mol. The van der Waals surface area contributed by atoms with E-state index in [0.717, 1.165) is 6.26 Å². The average Bonchev–Trinajstić information content (AvgIpc) is 3.10. The van der Waals surface area contributed by atoms with Crippen LogP contribution in [-0.2, 0) is 10.0 Å². The second kappa shape index (κ2) is 7.81. The van der Waals surface area contributed by atoms with Crippen molar-refractivity contribution in [1.82, 2.24) is 15.5 Å². The Hall–Kier alpha value is -3.20. The molecular weight excluding hydrogens is 383 g/mol. The number of hydrogen-bond donors (Lipinski definition) is 3. The zero-order chi connectivity index (χ0) is 20.3. The maximum Gasteiger partial charge on any atom is 0.255 e. The van der Waals surface area contributed by atoms with Gasteiger partial charge in [-0.1, -0.05) is 24.3 Å². The molecule has 0 radical (unpaired) electrons. The summed E-state index contributed by atoms with van der Waals surface area (Å²) in [5, 5.41) is 9.35. The molecule has 0 aliphatic heterocycles. The molecule has 0 saturated heterocycles. The first-order chi connectivity index (χ1) is 13.2. The number of carbonyl (C=O) groups excluding carboxylic acids is 1. The van der Waals surface area contributed by atoms with E-state index >= 15 is 0 Å². The summed E-state index contributed by atoms with van der Waals surface area (Å²) in [5.74, 6) is -0.894. The minimum atomic E-state index is -3.40. The number of rotatable bonds is 6. The van der Waals surface area contributed by atoms with Crippen molar-refractivity contribution in [2.45, 2.75) is 13.0 Å². The number of carbonyl (C=O) groups is 1. The van der Waals surface area contributed by atoms with Gasteiger partial charge in [0.2, 0.25) is 10.0 Å². The Kier molecular flexibility index (Phi) is 5.46. The molecule has 3 aromatic rings. The number of H-pyrrole nitrogens is 1. The van der Waals surface area contributed by atoms with Crippen LogP contribution in [0.2, 0.25) is 0 Å². The quantitative estimate of drug-likeness (QED) is 0.589. The van der Waals surface area contributed by atoms with Crippen molar-refractivity contribution in [2.75, 3.05) is 11.0 Å². The van der Waals surface area contributed by atoms with E-state index in [0.29, 0.717) is 11.3 Å². The molecule has 0 spiro atoms. The lowest BCUT2D eigenvalue weighted by Crippen LogP contribution is -2.27. The molecule has 1 amide bonds. The molecule has 3 rings (SSSR count). The van der Waals surface area contributed by atoms with Crippen LogP contribution in [0.15, 0.2) is 54.7 Å². The number of amides is 1. The first-order valence-corrected chi connectivity index (χ1v) is 10.3. The van der Waals surface area contributed by atoms with E-state index in [1.807, 2.05) is 0 Å². The Balaban J connectivity index is 1.80. The fraction of sp³-hybridized carbons (Fsp3) is 0.158. The number of aromatic nitrogens is 2. The molecule has 3 N–H and O–H groups in total. The van der Waals surface area contributed by atoms with Crippen LogP contribution in [0.3, 0.4) is 0 Å². The number of benzene rings is 2. The van der Waals surface area contributed by atoms with Crippen LogP contribution in [0.25, 0.3) is 11.3 Å². The highest BCUT2D eigenvalue weighted by Gasteiger charge is 2.19. The van der Waals surface area contributed by atoms with Gasteiger partial charge in [0.1, 0.15) is 5.82 Å². The van der Waals surface area contributed by atoms with Crippen LogP contribution in [0.1, 0.15) is 28.9 Å². The van der Waals surface area contributed by atoms with Gasteiger partial charge in [0, 0.05) is 11.3 Å². The molecule has 0 bridgehead atoms. The lowest BCUT2D eigenvalue weighted by Gasteiger charge is -2.16. The smallest absolute Gasteiger partial charge is 0.255 e. The van der Waals surface area contributed by atoms with E-state index in [1.165, 1.54) is 12.3 Å². The molecule has 146 valence electrons. The molecule has 1 aromatic heterocycles. The van der Waals surface area contributed by atoms with Gasteiger partial charge in [-0.3, -0.25) is 14.6 Å². The molecule has 9 heteroatoms. The summed E-state index contributed by atoms with van der Waals surface area (Å²) in [6.45, 7) is 1.76. The van der Waals surface area contributed by atoms with Crippen molar-refractivity contribution in [2.24, 2.45) is 0 Å². The highest BCUT2D eigenvalue weighted by atomic mass is 32.2. The first-order valence-electron chi connectivity index (χ1n) is 8.41. The van der Waals surface area contributed by atoms with Crippen molar-refractivity contribution in [3.05, 3.63) is 71.7 Å². The van der Waals surface area contributed by atoms with Crippen molar-refractivity contribution in [3.8, 4) is 11.3 Å². The zero-order valence-corrected chi connectivity index (χ0v) is 16.0. The SMILES string of the molecule is CC(NC(=O)c1cn[nH]c1-c1ccccc1F)c1cccc(NS(C)(=O)=O)c1. The van der Waals surface area contributed by atoms with E-state index in [4.69, 9.17) is 0 Å². The van der Waals surface area contributed by atoms with E-state index < -0.39 is 27.8 Å². The van der Waals surface area contributed by atoms with Crippen LogP contribution in [0, 0.1) is 5.82 Å². The summed E-state index contributed by atoms with van der Waals surface area (Å²) in [6.07, 6.45) is 2.40. The van der Waals surface area contributed by atoms with Gasteiger partial charge < -0.3 is 5.32 Å². The van der Waals surface area contributed by atoms with Crippen LogP contribution in [0.4, 0.5) is 10.1 Å². The molecule has 0 saturated carbocycles. The molecule has 1 atom stereocenters. The van der Waals surface area contributed by atoms with E-state index in [2.05, 4.69) is 20.2 Å². The van der Waals surface area contributed by atoms with Gasteiger partial charge in [-0.25, -0.2) is 12.8 Å². The molecule has 28 heavy (non-hydrogen) atoms. The average molecular weight is 402 g/mol. The number of anilines is 1. The summed E-state index contributed by atoms with van der Waals surface area (Å²) in [4.78, 5) is 12.7. The molecule has 7 nitrogen and oxygen atoms in total. The van der Waals surface area contributed by atoms with Gasteiger partial charge in [-0.05, 0) is 36.8 Å². The largest absolute Gasteiger partial charge is 0.345 e. The van der Waals surface area contributed by atoms with Crippen molar-refractivity contribution in [1.29, 1.82) is 0 Å². The van der Waals surface area contributed by atoms with E-state index in [-0.39, 0.29) is 16.8 Å². The molecule has 0 aliphatic carbocycles. The highest BCUT2D eigenvalue weighted by Crippen LogP contribution is 2.25.